The number of piperazine rings is 1. The topological polar surface area (TPSA) is 125 Å². The minimum Gasteiger partial charge on any atom is -0.361 e. The van der Waals surface area contributed by atoms with Crippen molar-refractivity contribution in [2.45, 2.75) is 36.9 Å². The smallest absolute Gasteiger partial charge is 0.361 e. The van der Waals surface area contributed by atoms with Crippen LogP contribution in [0.3, 0.4) is 0 Å². The van der Waals surface area contributed by atoms with Crippen LogP contribution in [0.4, 0.5) is 32.0 Å². The second-order valence-corrected chi connectivity index (χ2v) is 12.2. The van der Waals surface area contributed by atoms with E-state index >= 15 is 0 Å². The number of aromatic amines is 1. The second kappa shape index (κ2) is 14.5. The number of nitro benzene ring substituents is 1. The maximum atomic E-state index is 14.6. The largest absolute Gasteiger partial charge is 0.417 e. The van der Waals surface area contributed by atoms with Gasteiger partial charge in [0.25, 0.3) is 5.69 Å². The van der Waals surface area contributed by atoms with Crippen LogP contribution in [0.2, 0.25) is 0 Å². The first-order valence-electron chi connectivity index (χ1n) is 16.1. The van der Waals surface area contributed by atoms with Crippen molar-refractivity contribution in [1.82, 2.24) is 15.2 Å². The first-order chi connectivity index (χ1) is 25.2. The average Bonchev–Trinajstić information content (AvgIpc) is 3.55. The number of hydrogen-bond donors (Lipinski definition) is 2. The Bertz CT molecular complexity index is 2250. The number of hydrogen-bond acceptors (Lipinski definition) is 6. The number of amides is 1. The van der Waals surface area contributed by atoms with Crippen molar-refractivity contribution < 1.29 is 45.6 Å². The molecule has 2 N–H and O–H groups in total. The molecule has 0 spiro atoms. The quantitative estimate of drug-likeness (QED) is 0.0527. The van der Waals surface area contributed by atoms with Crippen molar-refractivity contribution in [3.05, 3.63) is 153 Å². The van der Waals surface area contributed by atoms with Crippen molar-refractivity contribution in [2.24, 2.45) is 0 Å². The summed E-state index contributed by atoms with van der Waals surface area (Å²) in [5.41, 5.74) is -3.49. The minimum atomic E-state index is -5.03. The van der Waals surface area contributed by atoms with E-state index in [1.54, 1.807) is 30.5 Å². The molecule has 3 atom stereocenters. The molecule has 2 heterocycles. The highest BCUT2D eigenvalue weighted by Gasteiger charge is 2.49. The van der Waals surface area contributed by atoms with Crippen LogP contribution in [0.5, 0.6) is 0 Å². The fourth-order valence-corrected chi connectivity index (χ4v) is 6.67. The van der Waals surface area contributed by atoms with Gasteiger partial charge >= 0.3 is 12.4 Å². The predicted octanol–water partition coefficient (Wildman–Crippen LogP) is 7.67. The highest BCUT2D eigenvalue weighted by atomic mass is 19.4. The number of alkyl halides is 6. The Morgan fingerprint density at radius 3 is 2.00 bits per heavy atom. The van der Waals surface area contributed by atoms with Crippen LogP contribution in [0.15, 0.2) is 109 Å². The number of halogens is 6. The summed E-state index contributed by atoms with van der Waals surface area (Å²) in [6, 6.07) is 15.1. The van der Waals surface area contributed by atoms with E-state index in [4.69, 9.17) is 0 Å². The number of nitro groups is 1. The first kappa shape index (κ1) is 36.7. The third-order valence-electron chi connectivity index (χ3n) is 9.07. The number of H-pyrrole nitrogens is 1. The van der Waals surface area contributed by atoms with Gasteiger partial charge in [-0.25, -0.2) is 0 Å². The summed E-state index contributed by atoms with van der Waals surface area (Å²) < 4.78 is 85.4. The molecule has 0 bridgehead atoms. The van der Waals surface area contributed by atoms with Crippen molar-refractivity contribution in [3.8, 4) is 0 Å². The molecule has 0 saturated carbocycles. The molecule has 15 heteroatoms. The van der Waals surface area contributed by atoms with Gasteiger partial charge in [0.15, 0.2) is 11.6 Å². The summed E-state index contributed by atoms with van der Waals surface area (Å²) >= 11 is 0. The molecule has 3 unspecified atom stereocenters. The molecule has 4 aromatic carbocycles. The van der Waals surface area contributed by atoms with Crippen molar-refractivity contribution in [3.63, 3.8) is 0 Å². The Morgan fingerprint density at radius 2 is 1.36 bits per heavy atom. The standard InChI is InChI=1S/C38H28F6N4O5/c39-37(40,41)27-13-5-2-11-25(27)35(50)32-21-46-30(19-23-20-45-29-15-7-4-10-24(23)29)34(36(51)26-12-3-6-14-28(26)38(42,43)44)47(32)33(49)18-17-22-9-1-8-16-31(22)48(52)53/h1-18,20,30,32,34,45-46H,19,21H2/b18-17+. The molecule has 1 fully saturated rings. The summed E-state index contributed by atoms with van der Waals surface area (Å²) in [4.78, 5) is 57.9. The average molecular weight is 735 g/mol. The number of benzene rings is 4. The number of rotatable bonds is 9. The van der Waals surface area contributed by atoms with Gasteiger partial charge in [-0.3, -0.25) is 24.5 Å². The minimum absolute atomic E-state index is 0.0630. The van der Waals surface area contributed by atoms with E-state index in [0.29, 0.717) is 33.5 Å². The molecular formula is C38H28F6N4O5. The Hall–Kier alpha value is -6.09. The molecule has 0 radical (unpaired) electrons. The summed E-state index contributed by atoms with van der Waals surface area (Å²) in [6.07, 6.45) is -6.65. The van der Waals surface area contributed by atoms with E-state index in [0.717, 1.165) is 42.5 Å². The predicted molar refractivity (Wildman–Crippen MR) is 182 cm³/mol. The van der Waals surface area contributed by atoms with E-state index < -0.39 is 87.4 Å². The zero-order valence-electron chi connectivity index (χ0n) is 27.3. The highest BCUT2D eigenvalue weighted by Crippen LogP contribution is 2.37. The van der Waals surface area contributed by atoms with Crippen LogP contribution < -0.4 is 5.32 Å². The number of nitrogens with zero attached hydrogens (tertiary/aromatic N) is 2. The molecule has 1 amide bonds. The number of carbonyl (C=O) groups excluding carboxylic acids is 3. The third kappa shape index (κ3) is 7.46. The number of ketones is 2. The Balaban J connectivity index is 1.53. The zero-order chi connectivity index (χ0) is 38.1. The molecule has 53 heavy (non-hydrogen) atoms. The van der Waals surface area contributed by atoms with Crippen LogP contribution in [-0.4, -0.2) is 57.0 Å². The third-order valence-corrected chi connectivity index (χ3v) is 9.07. The van der Waals surface area contributed by atoms with Crippen LogP contribution in [0.25, 0.3) is 17.0 Å². The molecule has 5 aromatic rings. The fourth-order valence-electron chi connectivity index (χ4n) is 6.67. The summed E-state index contributed by atoms with van der Waals surface area (Å²) in [7, 11) is 0. The van der Waals surface area contributed by atoms with Gasteiger partial charge in [0.05, 0.1) is 21.6 Å². The number of aromatic nitrogens is 1. The van der Waals surface area contributed by atoms with E-state index in [9.17, 15) is 50.8 Å². The maximum absolute atomic E-state index is 14.6. The SMILES string of the molecule is O=C(c1ccccc1C(F)(F)F)C1CNC(Cc2c[nH]c3ccccc23)C(C(=O)c2ccccc2C(F)(F)F)N1C(=O)/C=C/c1ccccc1[N+](=O)[O-]. The van der Waals surface area contributed by atoms with Crippen molar-refractivity contribution in [1.29, 1.82) is 0 Å². The van der Waals surface area contributed by atoms with Crippen LogP contribution in [0, 0.1) is 10.1 Å². The van der Waals surface area contributed by atoms with E-state index in [1.165, 1.54) is 30.3 Å². The molecule has 1 aliphatic rings. The summed E-state index contributed by atoms with van der Waals surface area (Å²) in [5, 5.41) is 15.4. The molecular weight excluding hydrogens is 706 g/mol. The van der Waals surface area contributed by atoms with E-state index in [1.807, 2.05) is 0 Å². The molecule has 0 aliphatic carbocycles. The van der Waals surface area contributed by atoms with Gasteiger partial charge in [-0.2, -0.15) is 26.3 Å². The maximum Gasteiger partial charge on any atom is 0.417 e. The monoisotopic (exact) mass is 734 g/mol. The number of para-hydroxylation sites is 2. The van der Waals surface area contributed by atoms with E-state index in [-0.39, 0.29) is 12.0 Å². The van der Waals surface area contributed by atoms with Gasteiger partial charge in [0.2, 0.25) is 5.91 Å². The zero-order valence-corrected chi connectivity index (χ0v) is 27.3. The van der Waals surface area contributed by atoms with Gasteiger partial charge in [0.1, 0.15) is 12.1 Å². The lowest BCUT2D eigenvalue weighted by Crippen LogP contribution is -2.69. The normalized spacial score (nSPS) is 18.0. The lowest BCUT2D eigenvalue weighted by Gasteiger charge is -2.45. The Labute approximate surface area is 297 Å². The highest BCUT2D eigenvalue weighted by molar-refractivity contribution is 6.09. The molecule has 1 saturated heterocycles. The van der Waals surface area contributed by atoms with Gasteiger partial charge in [0, 0.05) is 53.0 Å². The number of nitrogens with one attached hydrogen (secondary N) is 2. The molecule has 9 nitrogen and oxygen atoms in total. The van der Waals surface area contributed by atoms with Crippen LogP contribution >= 0.6 is 0 Å². The Kier molecular flexibility index (Phi) is 10.0. The number of carbonyl (C=O) groups is 3. The number of fused-ring (bicyclic) bond motifs is 1. The summed E-state index contributed by atoms with van der Waals surface area (Å²) in [5.74, 6) is -3.62. The van der Waals surface area contributed by atoms with Gasteiger partial charge < -0.3 is 15.2 Å². The van der Waals surface area contributed by atoms with Crippen LogP contribution in [0.1, 0.15) is 43.0 Å². The lowest BCUT2D eigenvalue weighted by molar-refractivity contribution is -0.385. The summed E-state index contributed by atoms with van der Waals surface area (Å²) in [6.45, 7) is -0.492. The first-order valence-corrected chi connectivity index (χ1v) is 16.1. The van der Waals surface area contributed by atoms with Gasteiger partial charge in [-0.15, -0.1) is 0 Å². The lowest BCUT2D eigenvalue weighted by atomic mass is 9.84. The number of Topliss-reactive ketones (excluding diaryl/α,β-unsaturated/α-hetero) is 2. The van der Waals surface area contributed by atoms with Gasteiger partial charge in [-0.05, 0) is 42.3 Å². The van der Waals surface area contributed by atoms with E-state index in [2.05, 4.69) is 10.3 Å². The second-order valence-electron chi connectivity index (χ2n) is 12.2. The van der Waals surface area contributed by atoms with Crippen LogP contribution in [-0.2, 0) is 23.6 Å². The van der Waals surface area contributed by atoms with Crippen molar-refractivity contribution in [2.75, 3.05) is 6.54 Å². The molecule has 1 aromatic heterocycles. The molecule has 272 valence electrons. The fraction of sp³-hybridized carbons (Fsp3) is 0.184. The molecule has 6 rings (SSSR count). The Morgan fingerprint density at radius 1 is 0.792 bits per heavy atom. The molecule has 1 aliphatic heterocycles. The van der Waals surface area contributed by atoms with Crippen molar-refractivity contribution >= 4 is 40.1 Å². The van der Waals surface area contributed by atoms with Gasteiger partial charge in [-0.1, -0.05) is 66.7 Å².